The molecule has 16 heteroatoms. The van der Waals surface area contributed by atoms with Gasteiger partial charge in [0.15, 0.2) is 9.84 Å². The zero-order valence-corrected chi connectivity index (χ0v) is 21.7. The van der Waals surface area contributed by atoms with E-state index < -0.39 is 85.2 Å². The molecular weight excluding hydrogens is 559 g/mol. The van der Waals surface area contributed by atoms with Crippen LogP contribution >= 0.6 is 0 Å². The Balaban J connectivity index is 1.76. The molecule has 0 saturated heterocycles. The van der Waals surface area contributed by atoms with Gasteiger partial charge in [0.25, 0.3) is 0 Å². The number of primary amides is 2. The lowest BCUT2D eigenvalue weighted by Gasteiger charge is -2.31. The van der Waals surface area contributed by atoms with Crippen molar-refractivity contribution in [1.82, 2.24) is 9.78 Å². The normalized spacial score (nSPS) is 28.1. The molecular formula is C24H24F3N5O7S. The third-order valence-corrected chi connectivity index (χ3v) is 10.0. The molecule has 0 bridgehead atoms. The summed E-state index contributed by atoms with van der Waals surface area (Å²) in [5, 5.41) is 22.0. The van der Waals surface area contributed by atoms with Crippen LogP contribution in [0.5, 0.6) is 0 Å². The van der Waals surface area contributed by atoms with Gasteiger partial charge in [-0.15, -0.1) is 0 Å². The summed E-state index contributed by atoms with van der Waals surface area (Å²) < 4.78 is 76.3. The molecule has 1 aromatic heterocycles. The zero-order valence-electron chi connectivity index (χ0n) is 20.9. The predicted octanol–water partition coefficient (Wildman–Crippen LogP) is 1.09. The Morgan fingerprint density at radius 3 is 2.42 bits per heavy atom. The van der Waals surface area contributed by atoms with Gasteiger partial charge in [0.2, 0.25) is 11.8 Å². The molecule has 2 saturated carbocycles. The number of amides is 2. The molecule has 5 atom stereocenters. The molecule has 2 aliphatic carbocycles. The number of hydrogen-bond acceptors (Lipinski definition) is 8. The first-order valence-electron chi connectivity index (χ1n) is 11.8. The maximum absolute atomic E-state index is 14.2. The average molecular weight is 584 g/mol. The second kappa shape index (κ2) is 9.59. The van der Waals surface area contributed by atoms with Gasteiger partial charge in [-0.2, -0.15) is 23.5 Å². The molecule has 4 rings (SSSR count). The maximum atomic E-state index is 14.2. The number of carboxylic acid groups (broad SMARTS) is 1. The minimum Gasteiger partial charge on any atom is -0.481 e. The Labute approximate surface area is 225 Å². The highest BCUT2D eigenvalue weighted by Gasteiger charge is 2.75. The Kier molecular flexibility index (Phi) is 6.96. The van der Waals surface area contributed by atoms with Crippen LogP contribution in [0, 0.1) is 28.1 Å². The third-order valence-electron chi connectivity index (χ3n) is 7.84. The number of nitrogens with two attached hydrogens (primary N) is 2. The highest BCUT2D eigenvalue weighted by atomic mass is 32.2. The quantitative estimate of drug-likeness (QED) is 0.385. The molecule has 40 heavy (non-hydrogen) atoms. The van der Waals surface area contributed by atoms with Crippen molar-refractivity contribution < 1.29 is 45.8 Å². The van der Waals surface area contributed by atoms with Crippen molar-refractivity contribution >= 4 is 27.6 Å². The summed E-state index contributed by atoms with van der Waals surface area (Å²) >= 11 is 0. The van der Waals surface area contributed by atoms with Crippen LogP contribution in [0.1, 0.15) is 24.8 Å². The van der Waals surface area contributed by atoms with E-state index in [1.165, 1.54) is 12.4 Å². The fourth-order valence-electron chi connectivity index (χ4n) is 5.78. The molecule has 1 heterocycles. The lowest BCUT2D eigenvalue weighted by atomic mass is 9.75. The Morgan fingerprint density at radius 2 is 1.93 bits per heavy atom. The van der Waals surface area contributed by atoms with Crippen LogP contribution in [0.3, 0.4) is 0 Å². The Bertz CT molecular complexity index is 1550. The van der Waals surface area contributed by atoms with Crippen LogP contribution in [0.15, 0.2) is 35.5 Å². The summed E-state index contributed by atoms with van der Waals surface area (Å²) in [6.45, 7) is -0.323. The molecule has 1 aromatic carbocycles. The number of carboxylic acids is 1. The summed E-state index contributed by atoms with van der Waals surface area (Å²) in [5.41, 5.74) is 5.18. The number of methoxy groups -OCH3 is 1. The number of nitrogens with zero attached hydrogens (tertiary/aromatic N) is 3. The van der Waals surface area contributed by atoms with Crippen molar-refractivity contribution in [2.75, 3.05) is 7.11 Å². The third kappa shape index (κ3) is 4.48. The fraction of sp³-hybridized carbons (Fsp3) is 0.458. The lowest BCUT2D eigenvalue weighted by molar-refractivity contribution is -0.159. The van der Waals surface area contributed by atoms with Crippen LogP contribution in [0.2, 0.25) is 0 Å². The van der Waals surface area contributed by atoms with E-state index in [1.807, 2.05) is 0 Å². The van der Waals surface area contributed by atoms with E-state index >= 15 is 0 Å². The number of carbonyl (C=O) groups excluding carboxylic acids is 2. The number of sulfone groups is 1. The van der Waals surface area contributed by atoms with Gasteiger partial charge in [0, 0.05) is 24.8 Å². The minimum absolute atomic E-state index is 0.0405. The smallest absolute Gasteiger partial charge is 0.417 e. The van der Waals surface area contributed by atoms with E-state index in [1.54, 1.807) is 6.07 Å². The van der Waals surface area contributed by atoms with Gasteiger partial charge >= 0.3 is 12.1 Å². The SMILES string of the molecule is CO[C@H]1C[C@@H](S(=O)(=O)c2ccc(-c3cnn(CC(N)=O)c3)cc2C(F)(F)F)C[C@]1(C(=O)O)C1CC1(C#N)C(N)=O. The zero-order chi connectivity index (χ0) is 29.8. The Hall–Kier alpha value is -3.97. The van der Waals surface area contributed by atoms with Crippen molar-refractivity contribution in [2.24, 2.45) is 28.2 Å². The van der Waals surface area contributed by atoms with Crippen LogP contribution in [-0.4, -0.2) is 59.6 Å². The van der Waals surface area contributed by atoms with Crippen LogP contribution in [-0.2, 0) is 41.7 Å². The number of nitriles is 1. The number of ether oxygens (including phenoxy) is 1. The highest BCUT2D eigenvalue weighted by Crippen LogP contribution is 2.66. The van der Waals surface area contributed by atoms with Crippen molar-refractivity contribution in [3.63, 3.8) is 0 Å². The van der Waals surface area contributed by atoms with Gasteiger partial charge in [-0.05, 0) is 37.0 Å². The average Bonchev–Trinajstić information content (AvgIpc) is 3.23. The van der Waals surface area contributed by atoms with Gasteiger partial charge < -0.3 is 21.3 Å². The maximum Gasteiger partial charge on any atom is 0.417 e. The minimum atomic E-state index is -5.12. The Morgan fingerprint density at radius 1 is 1.25 bits per heavy atom. The number of carbonyl (C=O) groups is 3. The standard InChI is InChI=1S/C24H24F3N5O7S/c1-39-18-5-14(6-23(18,21(35)36)17-7-22(17,11-28)20(30)34)40(37,38)16-3-2-12(4-15(16)24(25,26)27)13-8-31-32(9-13)10-19(29)33/h2-4,8-9,14,17-18H,5-7,10H2,1H3,(H2,29,33)(H2,30,34)(H,35,36)/t14-,17?,18+,22?,23+/m1/s1. The molecule has 214 valence electrons. The summed E-state index contributed by atoms with van der Waals surface area (Å²) in [5.74, 6) is -4.54. The molecule has 0 radical (unpaired) electrons. The molecule has 2 aromatic rings. The molecule has 2 amide bonds. The summed E-state index contributed by atoms with van der Waals surface area (Å²) in [6, 6.07) is 4.27. The fourth-order valence-corrected chi connectivity index (χ4v) is 7.80. The van der Waals surface area contributed by atoms with Crippen molar-refractivity contribution in [2.45, 2.75) is 48.2 Å². The summed E-state index contributed by atoms with van der Waals surface area (Å²) in [6.07, 6.45) is -5.42. The second-order valence-electron chi connectivity index (χ2n) is 9.98. The highest BCUT2D eigenvalue weighted by molar-refractivity contribution is 7.92. The van der Waals surface area contributed by atoms with Crippen LogP contribution in [0.25, 0.3) is 11.1 Å². The van der Waals surface area contributed by atoms with Gasteiger partial charge in [-0.3, -0.25) is 19.1 Å². The van der Waals surface area contributed by atoms with E-state index in [2.05, 4.69) is 5.10 Å². The summed E-state index contributed by atoms with van der Waals surface area (Å²) in [7, 11) is -3.71. The number of aliphatic carboxylic acids is 1. The largest absolute Gasteiger partial charge is 0.481 e. The van der Waals surface area contributed by atoms with E-state index in [0.29, 0.717) is 6.07 Å². The number of benzene rings is 1. The van der Waals surface area contributed by atoms with Gasteiger partial charge in [0.05, 0.1) is 34.1 Å². The monoisotopic (exact) mass is 583 g/mol. The molecule has 2 fully saturated rings. The number of halogens is 3. The second-order valence-corrected chi connectivity index (χ2v) is 12.2. The first kappa shape index (κ1) is 29.0. The summed E-state index contributed by atoms with van der Waals surface area (Å²) in [4.78, 5) is 34.6. The number of rotatable bonds is 9. The predicted molar refractivity (Wildman–Crippen MR) is 128 cm³/mol. The molecule has 2 unspecified atom stereocenters. The lowest BCUT2D eigenvalue weighted by Crippen LogP contribution is -2.44. The van der Waals surface area contributed by atoms with Crippen molar-refractivity contribution in [3.8, 4) is 17.2 Å². The van der Waals surface area contributed by atoms with E-state index in [-0.39, 0.29) is 24.1 Å². The van der Waals surface area contributed by atoms with Crippen LogP contribution < -0.4 is 11.5 Å². The molecule has 12 nitrogen and oxygen atoms in total. The van der Waals surface area contributed by atoms with E-state index in [0.717, 1.165) is 23.9 Å². The number of aromatic nitrogens is 2. The first-order chi connectivity index (χ1) is 18.5. The molecule has 5 N–H and O–H groups in total. The molecule has 2 aliphatic rings. The van der Waals surface area contributed by atoms with E-state index in [4.69, 9.17) is 16.2 Å². The van der Waals surface area contributed by atoms with Gasteiger partial charge in [-0.1, -0.05) is 6.07 Å². The van der Waals surface area contributed by atoms with Crippen molar-refractivity contribution in [1.29, 1.82) is 5.26 Å². The first-order valence-corrected chi connectivity index (χ1v) is 13.3. The topological polar surface area (TPSA) is 208 Å². The van der Waals surface area contributed by atoms with Crippen LogP contribution in [0.4, 0.5) is 13.2 Å². The molecule has 0 aliphatic heterocycles. The molecule has 0 spiro atoms. The number of alkyl halides is 3. The van der Waals surface area contributed by atoms with Gasteiger partial charge in [-0.25, -0.2) is 8.42 Å². The van der Waals surface area contributed by atoms with Crippen molar-refractivity contribution in [3.05, 3.63) is 36.2 Å². The number of hydrogen-bond donors (Lipinski definition) is 3. The van der Waals surface area contributed by atoms with Gasteiger partial charge in [0.1, 0.15) is 17.4 Å². The van der Waals surface area contributed by atoms with E-state index in [9.17, 15) is 46.3 Å².